The Morgan fingerprint density at radius 1 is 1.18 bits per heavy atom. The van der Waals surface area contributed by atoms with Gasteiger partial charge in [-0.05, 0) is 41.7 Å². The third kappa shape index (κ3) is 2.00. The Labute approximate surface area is 129 Å². The van der Waals surface area contributed by atoms with Crippen molar-refractivity contribution in [2.45, 2.75) is 18.4 Å². The predicted molar refractivity (Wildman–Crippen MR) is 85.7 cm³/mol. The van der Waals surface area contributed by atoms with Crippen LogP contribution >= 0.6 is 0 Å². The highest BCUT2D eigenvalue weighted by Crippen LogP contribution is 2.52. The van der Waals surface area contributed by atoms with E-state index in [0.717, 1.165) is 23.4 Å². The Kier molecular flexibility index (Phi) is 3.14. The minimum Gasteiger partial charge on any atom is -0.495 e. The number of allylic oxidation sites excluding steroid dienone is 2. The molecule has 0 amide bonds. The van der Waals surface area contributed by atoms with Crippen LogP contribution < -0.4 is 10.1 Å². The van der Waals surface area contributed by atoms with Gasteiger partial charge in [0.25, 0.3) is 0 Å². The van der Waals surface area contributed by atoms with Crippen molar-refractivity contribution in [1.82, 2.24) is 0 Å². The quantitative estimate of drug-likeness (QED) is 0.814. The molecule has 0 aromatic heterocycles. The number of hydrogen-bond donors (Lipinski definition) is 1. The molecular weight excluding hydrogens is 277 g/mol. The highest BCUT2D eigenvalue weighted by molar-refractivity contribution is 5.67. The maximum Gasteiger partial charge on any atom is 0.142 e. The molecule has 2 aromatic carbocycles. The van der Waals surface area contributed by atoms with Gasteiger partial charge in [-0.15, -0.1) is 0 Å². The number of halogens is 1. The van der Waals surface area contributed by atoms with Crippen LogP contribution in [0.1, 0.15) is 29.5 Å². The maximum atomic E-state index is 13.6. The molecule has 0 unspecified atom stereocenters. The van der Waals surface area contributed by atoms with Gasteiger partial charge < -0.3 is 10.1 Å². The van der Waals surface area contributed by atoms with Crippen LogP contribution in [0.4, 0.5) is 10.1 Å². The van der Waals surface area contributed by atoms with Crippen LogP contribution in [-0.4, -0.2) is 7.11 Å². The van der Waals surface area contributed by atoms with Crippen LogP contribution in [0, 0.1) is 11.7 Å². The second kappa shape index (κ2) is 5.16. The number of rotatable bonds is 2. The first kappa shape index (κ1) is 13.4. The maximum absolute atomic E-state index is 13.6. The number of fused-ring (bicyclic) bond motifs is 3. The second-order valence-electron chi connectivity index (χ2n) is 5.96. The van der Waals surface area contributed by atoms with Crippen molar-refractivity contribution >= 4 is 5.69 Å². The number of para-hydroxylation sites is 1. The summed E-state index contributed by atoms with van der Waals surface area (Å²) in [6.07, 6.45) is 5.52. The Morgan fingerprint density at radius 2 is 2.05 bits per heavy atom. The van der Waals surface area contributed by atoms with Gasteiger partial charge in [-0.2, -0.15) is 0 Å². The van der Waals surface area contributed by atoms with Crippen molar-refractivity contribution in [2.24, 2.45) is 5.92 Å². The Balaban J connectivity index is 1.83. The molecule has 0 radical (unpaired) electrons. The van der Waals surface area contributed by atoms with E-state index in [4.69, 9.17) is 4.74 Å². The summed E-state index contributed by atoms with van der Waals surface area (Å²) in [5, 5.41) is 3.60. The van der Waals surface area contributed by atoms with Gasteiger partial charge in [-0.3, -0.25) is 0 Å². The number of benzene rings is 2. The largest absolute Gasteiger partial charge is 0.495 e. The molecule has 2 aromatic rings. The van der Waals surface area contributed by atoms with E-state index in [-0.39, 0.29) is 11.9 Å². The fraction of sp³-hybridized carbons (Fsp3) is 0.263. The summed E-state index contributed by atoms with van der Waals surface area (Å²) in [7, 11) is 1.69. The fourth-order valence-electron chi connectivity index (χ4n) is 3.79. The van der Waals surface area contributed by atoms with Gasteiger partial charge in [0.05, 0.1) is 18.8 Å². The van der Waals surface area contributed by atoms with Crippen LogP contribution in [0.15, 0.2) is 54.6 Å². The standard InChI is InChI=1S/C19H18FNO/c1-22-17-10-4-9-16-14-7-3-8-15(14)18(21-19(16)17)12-5-2-6-13(20)11-12/h2-7,9-11,14-15,18,21H,8H2,1H3/t14-,15+,18-/m1/s1. The highest BCUT2D eigenvalue weighted by Gasteiger charge is 2.38. The first-order valence-corrected chi connectivity index (χ1v) is 7.63. The molecule has 0 saturated carbocycles. The average Bonchev–Trinajstić information content (AvgIpc) is 3.03. The molecule has 0 spiro atoms. The fourth-order valence-corrected chi connectivity index (χ4v) is 3.79. The van der Waals surface area contributed by atoms with E-state index in [1.165, 1.54) is 11.6 Å². The topological polar surface area (TPSA) is 21.3 Å². The lowest BCUT2D eigenvalue weighted by Crippen LogP contribution is -2.29. The van der Waals surface area contributed by atoms with Crippen LogP contribution in [0.25, 0.3) is 0 Å². The minimum absolute atomic E-state index is 0.0968. The van der Waals surface area contributed by atoms with Gasteiger partial charge >= 0.3 is 0 Å². The Hall–Kier alpha value is -2.29. The van der Waals surface area contributed by atoms with Crippen molar-refractivity contribution in [3.8, 4) is 5.75 Å². The third-order valence-corrected chi connectivity index (χ3v) is 4.79. The predicted octanol–water partition coefficient (Wildman–Crippen LogP) is 4.66. The lowest BCUT2D eigenvalue weighted by molar-refractivity contribution is 0.396. The molecule has 0 bridgehead atoms. The number of anilines is 1. The molecular formula is C19H18FNO. The highest BCUT2D eigenvalue weighted by atomic mass is 19.1. The van der Waals surface area contributed by atoms with E-state index in [0.29, 0.717) is 11.8 Å². The van der Waals surface area contributed by atoms with Crippen molar-refractivity contribution < 1.29 is 9.13 Å². The van der Waals surface area contributed by atoms with E-state index in [1.54, 1.807) is 19.2 Å². The summed E-state index contributed by atoms with van der Waals surface area (Å²) < 4.78 is 19.1. The van der Waals surface area contributed by atoms with Crippen molar-refractivity contribution in [3.63, 3.8) is 0 Å². The van der Waals surface area contributed by atoms with E-state index < -0.39 is 0 Å². The van der Waals surface area contributed by atoms with Gasteiger partial charge in [0, 0.05) is 5.92 Å². The van der Waals surface area contributed by atoms with Crippen LogP contribution in [0.2, 0.25) is 0 Å². The molecule has 3 heteroatoms. The smallest absolute Gasteiger partial charge is 0.142 e. The molecule has 0 saturated heterocycles. The molecule has 1 aliphatic carbocycles. The Bertz CT molecular complexity index is 740. The zero-order valence-electron chi connectivity index (χ0n) is 12.4. The van der Waals surface area contributed by atoms with Crippen molar-refractivity contribution in [1.29, 1.82) is 0 Å². The molecule has 2 nitrogen and oxygen atoms in total. The summed E-state index contributed by atoms with van der Waals surface area (Å²) in [5.74, 6) is 1.44. The number of hydrogen-bond acceptors (Lipinski definition) is 2. The van der Waals surface area contributed by atoms with Gasteiger partial charge in [0.1, 0.15) is 11.6 Å². The molecule has 22 heavy (non-hydrogen) atoms. The lowest BCUT2D eigenvalue weighted by Gasteiger charge is -2.38. The average molecular weight is 295 g/mol. The van der Waals surface area contributed by atoms with Crippen LogP contribution in [0.5, 0.6) is 5.75 Å². The normalized spacial score (nSPS) is 25.3. The minimum atomic E-state index is -0.187. The van der Waals surface area contributed by atoms with Crippen molar-refractivity contribution in [2.75, 3.05) is 12.4 Å². The number of methoxy groups -OCH3 is 1. The van der Waals surface area contributed by atoms with E-state index in [2.05, 4.69) is 23.5 Å². The SMILES string of the molecule is COc1cccc2c1N[C@H](c1cccc(F)c1)[C@H]1CC=C[C@@H]21. The van der Waals surface area contributed by atoms with Gasteiger partial charge in [-0.25, -0.2) is 4.39 Å². The monoisotopic (exact) mass is 295 g/mol. The molecule has 3 atom stereocenters. The van der Waals surface area contributed by atoms with E-state index in [1.807, 2.05) is 18.2 Å². The number of ether oxygens (including phenoxy) is 1. The summed E-state index contributed by atoms with van der Waals surface area (Å²) in [6.45, 7) is 0. The summed E-state index contributed by atoms with van der Waals surface area (Å²) in [4.78, 5) is 0. The molecule has 1 aliphatic heterocycles. The molecule has 4 rings (SSSR count). The van der Waals surface area contributed by atoms with E-state index in [9.17, 15) is 4.39 Å². The van der Waals surface area contributed by atoms with Crippen LogP contribution in [0.3, 0.4) is 0 Å². The van der Waals surface area contributed by atoms with Crippen molar-refractivity contribution in [3.05, 3.63) is 71.6 Å². The Morgan fingerprint density at radius 3 is 2.86 bits per heavy atom. The molecule has 0 fully saturated rings. The third-order valence-electron chi connectivity index (χ3n) is 4.79. The molecule has 1 heterocycles. The van der Waals surface area contributed by atoms with Crippen LogP contribution in [-0.2, 0) is 0 Å². The molecule has 2 aliphatic rings. The summed E-state index contributed by atoms with van der Waals surface area (Å²) in [5.41, 5.74) is 3.30. The van der Waals surface area contributed by atoms with Gasteiger partial charge in [0.15, 0.2) is 0 Å². The lowest BCUT2D eigenvalue weighted by atomic mass is 9.77. The summed E-state index contributed by atoms with van der Waals surface area (Å²) in [6, 6.07) is 13.1. The zero-order chi connectivity index (χ0) is 15.1. The second-order valence-corrected chi connectivity index (χ2v) is 5.96. The molecule has 1 N–H and O–H groups in total. The molecule has 112 valence electrons. The number of nitrogens with one attached hydrogen (secondary N) is 1. The summed E-state index contributed by atoms with van der Waals surface area (Å²) >= 11 is 0. The van der Waals surface area contributed by atoms with E-state index >= 15 is 0 Å². The first-order chi connectivity index (χ1) is 10.8. The van der Waals surface area contributed by atoms with Gasteiger partial charge in [-0.1, -0.05) is 36.4 Å². The van der Waals surface area contributed by atoms with Gasteiger partial charge in [0.2, 0.25) is 0 Å². The zero-order valence-corrected chi connectivity index (χ0v) is 12.4. The first-order valence-electron chi connectivity index (χ1n) is 7.63.